The van der Waals surface area contributed by atoms with Gasteiger partial charge in [-0.2, -0.15) is 0 Å². The first-order valence-electron chi connectivity index (χ1n) is 8.12. The van der Waals surface area contributed by atoms with Crippen molar-refractivity contribution < 1.29 is 4.79 Å². The minimum atomic E-state index is -0.00275. The molecular weight excluding hydrogens is 320 g/mol. The summed E-state index contributed by atoms with van der Waals surface area (Å²) >= 11 is 1.53. The molecule has 0 bridgehead atoms. The molecule has 1 aliphatic rings. The van der Waals surface area contributed by atoms with Crippen molar-refractivity contribution in [2.24, 2.45) is 0 Å². The van der Waals surface area contributed by atoms with E-state index >= 15 is 0 Å². The minimum absolute atomic E-state index is 0.00275. The van der Waals surface area contributed by atoms with Crippen LogP contribution in [0.4, 0.5) is 5.95 Å². The first-order valence-corrected chi connectivity index (χ1v) is 8.93. The molecule has 2 aromatic heterocycles. The second-order valence-electron chi connectivity index (χ2n) is 5.90. The topological polar surface area (TPSA) is 58.1 Å². The van der Waals surface area contributed by atoms with Gasteiger partial charge in [-0.15, -0.1) is 11.3 Å². The highest BCUT2D eigenvalue weighted by atomic mass is 32.1. The molecule has 1 saturated heterocycles. The SMILES string of the molecule is O=C(NCC1CCCN1c1ncccn1)c1cc2ccccc2s1. The number of benzene rings is 1. The van der Waals surface area contributed by atoms with Gasteiger partial charge in [0.25, 0.3) is 5.91 Å². The van der Waals surface area contributed by atoms with Crippen molar-refractivity contribution in [2.75, 3.05) is 18.0 Å². The van der Waals surface area contributed by atoms with Crippen LogP contribution in [0.1, 0.15) is 22.5 Å². The summed E-state index contributed by atoms with van der Waals surface area (Å²) in [7, 11) is 0. The Hall–Kier alpha value is -2.47. The van der Waals surface area contributed by atoms with Gasteiger partial charge >= 0.3 is 0 Å². The number of hydrogen-bond donors (Lipinski definition) is 1. The van der Waals surface area contributed by atoms with Crippen LogP contribution < -0.4 is 10.2 Å². The predicted molar refractivity (Wildman–Crippen MR) is 96.6 cm³/mol. The van der Waals surface area contributed by atoms with Gasteiger partial charge in [-0.05, 0) is 36.4 Å². The van der Waals surface area contributed by atoms with E-state index in [4.69, 9.17) is 0 Å². The third kappa shape index (κ3) is 2.97. The van der Waals surface area contributed by atoms with E-state index in [0.717, 1.165) is 40.3 Å². The van der Waals surface area contributed by atoms with Gasteiger partial charge in [0.1, 0.15) is 0 Å². The number of rotatable bonds is 4. The van der Waals surface area contributed by atoms with Crippen LogP contribution in [0.15, 0.2) is 48.8 Å². The molecule has 1 N–H and O–H groups in total. The number of anilines is 1. The van der Waals surface area contributed by atoms with E-state index in [1.807, 2.05) is 36.4 Å². The maximum Gasteiger partial charge on any atom is 0.261 e. The maximum absolute atomic E-state index is 12.5. The molecule has 24 heavy (non-hydrogen) atoms. The van der Waals surface area contributed by atoms with Crippen molar-refractivity contribution in [1.82, 2.24) is 15.3 Å². The summed E-state index contributed by atoms with van der Waals surface area (Å²) in [5.41, 5.74) is 0. The van der Waals surface area contributed by atoms with Gasteiger partial charge in [0.2, 0.25) is 5.95 Å². The smallest absolute Gasteiger partial charge is 0.261 e. The van der Waals surface area contributed by atoms with Crippen LogP contribution in [0.2, 0.25) is 0 Å². The first-order chi connectivity index (χ1) is 11.8. The standard InChI is InChI=1S/C18H18N4OS/c23-17(16-11-13-5-1-2-7-15(13)24-16)21-12-14-6-3-10-22(14)18-19-8-4-9-20-18/h1-2,4-5,7-9,11,14H,3,6,10,12H2,(H,21,23). The quantitative estimate of drug-likeness (QED) is 0.794. The largest absolute Gasteiger partial charge is 0.349 e. The van der Waals surface area contributed by atoms with E-state index in [0.29, 0.717) is 6.54 Å². The number of hydrogen-bond acceptors (Lipinski definition) is 5. The van der Waals surface area contributed by atoms with E-state index in [1.54, 1.807) is 12.4 Å². The van der Waals surface area contributed by atoms with Crippen LogP contribution in [-0.4, -0.2) is 35.0 Å². The number of carbonyl (C=O) groups excluding carboxylic acids is 1. The fourth-order valence-corrected chi connectivity index (χ4v) is 4.12. The zero-order valence-corrected chi connectivity index (χ0v) is 14.0. The molecule has 1 fully saturated rings. The fraction of sp³-hybridized carbons (Fsp3) is 0.278. The van der Waals surface area contributed by atoms with Crippen molar-refractivity contribution in [1.29, 1.82) is 0 Å². The van der Waals surface area contributed by atoms with Crippen LogP contribution in [0.5, 0.6) is 0 Å². The average molecular weight is 338 g/mol. The third-order valence-corrected chi connectivity index (χ3v) is 5.45. The van der Waals surface area contributed by atoms with E-state index < -0.39 is 0 Å². The van der Waals surface area contributed by atoms with Gasteiger partial charge < -0.3 is 10.2 Å². The normalized spacial score (nSPS) is 17.3. The van der Waals surface area contributed by atoms with E-state index in [1.165, 1.54) is 11.3 Å². The van der Waals surface area contributed by atoms with E-state index in [9.17, 15) is 4.79 Å². The Morgan fingerprint density at radius 1 is 1.25 bits per heavy atom. The van der Waals surface area contributed by atoms with Crippen LogP contribution in [0.25, 0.3) is 10.1 Å². The monoisotopic (exact) mass is 338 g/mol. The molecule has 1 aliphatic heterocycles. The lowest BCUT2D eigenvalue weighted by molar-refractivity contribution is 0.0955. The number of amides is 1. The Balaban J connectivity index is 1.43. The second kappa shape index (κ2) is 6.57. The summed E-state index contributed by atoms with van der Waals surface area (Å²) in [6.45, 7) is 1.55. The van der Waals surface area contributed by atoms with Crippen LogP contribution >= 0.6 is 11.3 Å². The summed E-state index contributed by atoms with van der Waals surface area (Å²) in [4.78, 5) is 24.1. The van der Waals surface area contributed by atoms with Gasteiger partial charge in [0.15, 0.2) is 0 Å². The number of nitrogens with zero attached hydrogens (tertiary/aromatic N) is 3. The lowest BCUT2D eigenvalue weighted by Crippen LogP contribution is -2.40. The Morgan fingerprint density at radius 3 is 2.92 bits per heavy atom. The highest BCUT2D eigenvalue weighted by molar-refractivity contribution is 7.20. The summed E-state index contributed by atoms with van der Waals surface area (Å²) in [5.74, 6) is 0.744. The molecule has 0 saturated carbocycles. The lowest BCUT2D eigenvalue weighted by Gasteiger charge is -2.24. The molecule has 0 radical (unpaired) electrons. The molecule has 6 heteroatoms. The first kappa shape index (κ1) is 15.1. The third-order valence-electron chi connectivity index (χ3n) is 4.33. The van der Waals surface area contributed by atoms with Gasteiger partial charge in [0, 0.05) is 36.2 Å². The zero-order valence-electron chi connectivity index (χ0n) is 13.2. The van der Waals surface area contributed by atoms with Crippen molar-refractivity contribution in [2.45, 2.75) is 18.9 Å². The molecule has 5 nitrogen and oxygen atoms in total. The molecule has 1 unspecified atom stereocenters. The fourth-order valence-electron chi connectivity index (χ4n) is 3.14. The number of thiophene rings is 1. The summed E-state index contributed by atoms with van der Waals surface area (Å²) in [6, 6.07) is 12.1. The molecule has 3 aromatic rings. The summed E-state index contributed by atoms with van der Waals surface area (Å²) in [6.07, 6.45) is 5.66. The summed E-state index contributed by atoms with van der Waals surface area (Å²) < 4.78 is 1.14. The maximum atomic E-state index is 12.5. The van der Waals surface area contributed by atoms with Gasteiger partial charge in [-0.25, -0.2) is 9.97 Å². The molecule has 4 rings (SSSR count). The molecule has 1 amide bonds. The Morgan fingerprint density at radius 2 is 2.08 bits per heavy atom. The molecule has 0 spiro atoms. The van der Waals surface area contributed by atoms with Crippen molar-refractivity contribution in [3.63, 3.8) is 0 Å². The number of nitrogens with one attached hydrogen (secondary N) is 1. The molecule has 1 atom stereocenters. The van der Waals surface area contributed by atoms with E-state index in [-0.39, 0.29) is 11.9 Å². The predicted octanol–water partition coefficient (Wildman–Crippen LogP) is 3.09. The highest BCUT2D eigenvalue weighted by Gasteiger charge is 2.27. The van der Waals surface area contributed by atoms with Gasteiger partial charge in [-0.3, -0.25) is 4.79 Å². The zero-order chi connectivity index (χ0) is 16.4. The van der Waals surface area contributed by atoms with Crippen LogP contribution in [-0.2, 0) is 0 Å². The lowest BCUT2D eigenvalue weighted by atomic mass is 10.2. The molecule has 3 heterocycles. The van der Waals surface area contributed by atoms with E-state index in [2.05, 4.69) is 20.2 Å². The number of aromatic nitrogens is 2. The summed E-state index contributed by atoms with van der Waals surface area (Å²) in [5, 5.41) is 4.19. The minimum Gasteiger partial charge on any atom is -0.349 e. The number of fused-ring (bicyclic) bond motifs is 1. The molecule has 1 aromatic carbocycles. The number of carbonyl (C=O) groups is 1. The second-order valence-corrected chi connectivity index (χ2v) is 6.98. The van der Waals surface area contributed by atoms with Crippen molar-refractivity contribution in [3.8, 4) is 0 Å². The van der Waals surface area contributed by atoms with Crippen molar-refractivity contribution in [3.05, 3.63) is 53.7 Å². The Bertz CT molecular complexity index is 815. The Kier molecular flexibility index (Phi) is 4.13. The van der Waals surface area contributed by atoms with Gasteiger partial charge in [0.05, 0.1) is 4.88 Å². The molecule has 0 aliphatic carbocycles. The molecular formula is C18H18N4OS. The van der Waals surface area contributed by atoms with Crippen LogP contribution in [0.3, 0.4) is 0 Å². The highest BCUT2D eigenvalue weighted by Crippen LogP contribution is 2.25. The van der Waals surface area contributed by atoms with Crippen molar-refractivity contribution >= 4 is 33.3 Å². The molecule has 122 valence electrons. The van der Waals surface area contributed by atoms with Gasteiger partial charge in [-0.1, -0.05) is 18.2 Å². The van der Waals surface area contributed by atoms with Crippen LogP contribution in [0, 0.1) is 0 Å². The average Bonchev–Trinajstić information content (AvgIpc) is 3.27. The Labute approximate surface area is 144 Å².